The van der Waals surface area contributed by atoms with Crippen molar-refractivity contribution in [3.8, 4) is 5.75 Å². The Hall–Kier alpha value is -8.82. The summed E-state index contributed by atoms with van der Waals surface area (Å²) in [6.45, 7) is 5.41. The highest BCUT2D eigenvalue weighted by atomic mass is 19.4. The molecule has 0 saturated heterocycles. The van der Waals surface area contributed by atoms with Gasteiger partial charge in [-0.15, -0.1) is 0 Å². The minimum Gasteiger partial charge on any atom is -0.542 e. The first-order chi connectivity index (χ1) is 35.0. The average Bonchev–Trinajstić information content (AvgIpc) is 3.89. The van der Waals surface area contributed by atoms with E-state index in [4.69, 9.17) is 20.4 Å². The van der Waals surface area contributed by atoms with Crippen LogP contribution in [-0.4, -0.2) is 71.7 Å². The molecule has 19 nitrogen and oxygen atoms in total. The fourth-order valence-electron chi connectivity index (χ4n) is 8.86. The summed E-state index contributed by atoms with van der Waals surface area (Å²) in [6, 6.07) is 22.7. The molecule has 7 aromatic rings. The number of aryl methyl sites for hydroxylation is 3. The van der Waals surface area contributed by atoms with E-state index in [0.29, 0.717) is 75.6 Å². The van der Waals surface area contributed by atoms with Crippen molar-refractivity contribution < 1.29 is 61.1 Å². The van der Waals surface area contributed by atoms with Crippen LogP contribution in [0.4, 0.5) is 13.2 Å². The number of imidazole rings is 1. The van der Waals surface area contributed by atoms with Crippen molar-refractivity contribution in [2.45, 2.75) is 78.6 Å². The summed E-state index contributed by atoms with van der Waals surface area (Å²) >= 11 is 0. The Balaban J connectivity index is 0.00000107. The Bertz CT molecular complexity index is 3560. The molecule has 0 fully saturated rings. The van der Waals surface area contributed by atoms with Crippen LogP contribution in [0.15, 0.2) is 88.5 Å². The summed E-state index contributed by atoms with van der Waals surface area (Å²) in [5, 5.41) is 12.4. The van der Waals surface area contributed by atoms with Crippen LogP contribution in [0.3, 0.4) is 0 Å². The van der Waals surface area contributed by atoms with Gasteiger partial charge < -0.3 is 25.4 Å². The number of aromatic amines is 1. The van der Waals surface area contributed by atoms with Crippen LogP contribution >= 0.6 is 0 Å². The molecule has 8 rings (SSSR count). The number of nitrogens with one attached hydrogen (secondary N) is 2. The normalized spacial score (nSPS) is 12.7. The van der Waals surface area contributed by atoms with Crippen molar-refractivity contribution in [1.82, 2.24) is 29.3 Å². The van der Waals surface area contributed by atoms with Gasteiger partial charge in [0.2, 0.25) is 22.8 Å². The number of carboxylic acid groups (broad SMARTS) is 1. The summed E-state index contributed by atoms with van der Waals surface area (Å²) in [5.74, 6) is -5.84. The molecular formula is C52H49F3N8O11. The van der Waals surface area contributed by atoms with Crippen LogP contribution in [0.5, 0.6) is 5.75 Å². The van der Waals surface area contributed by atoms with E-state index in [2.05, 4.69) is 15.3 Å². The number of carboxylic acids is 1. The molecule has 3 aromatic heterocycles. The number of H-pyrrole nitrogens is 1. The molecule has 0 saturated carbocycles. The van der Waals surface area contributed by atoms with Gasteiger partial charge in [0.25, 0.3) is 23.3 Å². The number of primary amides is 1. The van der Waals surface area contributed by atoms with Gasteiger partial charge in [-0.25, -0.2) is 14.6 Å². The molecular weight excluding hydrogens is 970 g/mol. The van der Waals surface area contributed by atoms with Gasteiger partial charge in [-0.3, -0.25) is 48.1 Å². The summed E-state index contributed by atoms with van der Waals surface area (Å²) in [4.78, 5) is 123. The Morgan fingerprint density at radius 2 is 1.53 bits per heavy atom. The first-order valence-corrected chi connectivity index (χ1v) is 23.2. The van der Waals surface area contributed by atoms with Gasteiger partial charge in [-0.1, -0.05) is 49.7 Å². The number of fused-ring (bicyclic) bond motifs is 4. The number of carbonyl (C=O) groups excluding carboxylic acids is 7. The quantitative estimate of drug-likeness (QED) is 0.0432. The predicted octanol–water partition coefficient (Wildman–Crippen LogP) is 4.06. The molecule has 384 valence electrons. The van der Waals surface area contributed by atoms with E-state index >= 15 is 0 Å². The number of carbonyl (C=O) groups is 7. The van der Waals surface area contributed by atoms with E-state index < -0.39 is 58.9 Å². The van der Waals surface area contributed by atoms with Gasteiger partial charge in [0.05, 0.1) is 34.0 Å². The highest BCUT2D eigenvalue weighted by Gasteiger charge is 2.36. The van der Waals surface area contributed by atoms with Gasteiger partial charge in [0, 0.05) is 56.1 Å². The third-order valence-electron chi connectivity index (χ3n) is 12.8. The van der Waals surface area contributed by atoms with Gasteiger partial charge in [-0.05, 0) is 74.1 Å². The molecule has 1 aliphatic rings. The molecule has 4 aromatic carbocycles. The van der Waals surface area contributed by atoms with Crippen molar-refractivity contribution in [2.24, 2.45) is 25.7 Å². The average molecular weight is 1020 g/mol. The van der Waals surface area contributed by atoms with Crippen molar-refractivity contribution in [3.05, 3.63) is 144 Å². The van der Waals surface area contributed by atoms with E-state index in [1.807, 2.05) is 54.9 Å². The summed E-state index contributed by atoms with van der Waals surface area (Å²) < 4.78 is 42.1. The van der Waals surface area contributed by atoms with Gasteiger partial charge in [0.15, 0.2) is 5.65 Å². The number of ether oxygens (including phenoxy) is 1. The lowest BCUT2D eigenvalue weighted by Gasteiger charge is -2.18. The SMILES string of the molecule is CCC(CCC(=O)NC(=O)c1ccc(C)c(OC(=O)c2c3ccccc3[n+](C)c3ccc(CN4C(=O)c5ccccc5C4=O)cc23)c1C)Cn1c(=O)n(C)c(=O)c2[nH]c(CCCC(N)=O)nc21.O=C([O-])C(F)(F)F. The summed E-state index contributed by atoms with van der Waals surface area (Å²) in [6.07, 6.45) is -3.49. The van der Waals surface area contributed by atoms with Gasteiger partial charge >= 0.3 is 17.8 Å². The Morgan fingerprint density at radius 3 is 2.16 bits per heavy atom. The zero-order chi connectivity index (χ0) is 53.9. The number of nitrogens with zero attached hydrogens (tertiary/aromatic N) is 5. The minimum absolute atomic E-state index is 0.0210. The Morgan fingerprint density at radius 1 is 0.892 bits per heavy atom. The molecule has 1 aliphatic heterocycles. The van der Waals surface area contributed by atoms with Crippen molar-refractivity contribution in [3.63, 3.8) is 0 Å². The minimum atomic E-state index is -5.19. The van der Waals surface area contributed by atoms with E-state index in [1.165, 1.54) is 16.5 Å². The second kappa shape index (κ2) is 21.5. The van der Waals surface area contributed by atoms with Gasteiger partial charge in [-0.2, -0.15) is 17.7 Å². The van der Waals surface area contributed by atoms with Crippen LogP contribution in [0.25, 0.3) is 33.0 Å². The number of alkyl halides is 3. The Kier molecular flexibility index (Phi) is 15.4. The number of aliphatic carboxylic acids is 1. The number of hydrogen-bond donors (Lipinski definition) is 3. The topological polar surface area (TPSA) is 270 Å². The molecule has 0 aliphatic carbocycles. The third-order valence-corrected chi connectivity index (χ3v) is 12.8. The highest BCUT2D eigenvalue weighted by Crippen LogP contribution is 2.32. The largest absolute Gasteiger partial charge is 0.542 e. The van der Waals surface area contributed by atoms with Crippen LogP contribution in [0.2, 0.25) is 0 Å². The van der Waals surface area contributed by atoms with E-state index in [0.717, 1.165) is 10.1 Å². The zero-order valence-corrected chi connectivity index (χ0v) is 40.7. The number of amides is 5. The number of nitrogens with two attached hydrogens (primary N) is 1. The fourth-order valence-corrected chi connectivity index (χ4v) is 8.86. The predicted molar refractivity (Wildman–Crippen MR) is 258 cm³/mol. The van der Waals surface area contributed by atoms with Crippen LogP contribution in [0, 0.1) is 19.8 Å². The van der Waals surface area contributed by atoms with Crippen LogP contribution < -0.4 is 36.7 Å². The molecule has 22 heteroatoms. The van der Waals surface area contributed by atoms with Crippen molar-refractivity contribution >= 4 is 74.4 Å². The Labute approximate surface area is 418 Å². The second-order valence-corrected chi connectivity index (χ2v) is 17.8. The number of hydrogen-bond acceptors (Lipinski definition) is 12. The first-order valence-electron chi connectivity index (χ1n) is 23.2. The molecule has 1 unspecified atom stereocenters. The number of para-hydroxylation sites is 1. The lowest BCUT2D eigenvalue weighted by molar-refractivity contribution is -0.617. The molecule has 0 radical (unpaired) electrons. The molecule has 0 bridgehead atoms. The number of aromatic nitrogens is 5. The maximum absolute atomic E-state index is 14.6. The van der Waals surface area contributed by atoms with Crippen LogP contribution in [0.1, 0.15) is 103 Å². The molecule has 74 heavy (non-hydrogen) atoms. The van der Waals surface area contributed by atoms with Gasteiger partial charge in [0.1, 0.15) is 30.1 Å². The number of halogens is 3. The smallest absolute Gasteiger partial charge is 0.430 e. The van der Waals surface area contributed by atoms with Crippen molar-refractivity contribution in [2.75, 3.05) is 0 Å². The molecule has 4 N–H and O–H groups in total. The highest BCUT2D eigenvalue weighted by molar-refractivity contribution is 6.21. The molecule has 5 amide bonds. The first kappa shape index (κ1) is 53.0. The maximum atomic E-state index is 14.6. The molecule has 0 spiro atoms. The molecule has 1 atom stereocenters. The van der Waals surface area contributed by atoms with E-state index in [-0.39, 0.29) is 59.9 Å². The second-order valence-electron chi connectivity index (χ2n) is 17.8. The van der Waals surface area contributed by atoms with Crippen LogP contribution in [-0.2, 0) is 48.0 Å². The number of esters is 1. The van der Waals surface area contributed by atoms with Crippen molar-refractivity contribution in [1.29, 1.82) is 0 Å². The third kappa shape index (κ3) is 10.8. The van der Waals surface area contributed by atoms with E-state index in [9.17, 15) is 51.5 Å². The fraction of sp³-hybridized carbons (Fsp3) is 0.288. The number of rotatable bonds is 15. The summed E-state index contributed by atoms with van der Waals surface area (Å²) in [7, 11) is 3.25. The van der Waals surface area contributed by atoms with E-state index in [1.54, 1.807) is 56.3 Å². The lowest BCUT2D eigenvalue weighted by atomic mass is 9.99. The molecule has 4 heterocycles. The summed E-state index contributed by atoms with van der Waals surface area (Å²) in [5.41, 5.74) is 8.49. The monoisotopic (exact) mass is 1020 g/mol. The number of pyridine rings is 1. The number of imide groups is 2. The maximum Gasteiger partial charge on any atom is 0.430 e. The standard InChI is InChI=1S/C50H48N8O9.C2HF3O2/c1-6-29(25-57-44-42(48(64)56(5)50(57)66)52-39(53-44)17-11-16-38(51)59)20-23-40(60)54-45(61)31-21-18-27(2)43(28(31)3)67-49(65)41-34-14-9-10-15-36(34)55(4)37-22-19-30(24-35(37)41)26-58-46(62)32-12-7-8-13-33(32)47(58)63;3-2(4,5)1(6)7/h7-10,12-15,18-19,21-22,24,29H,6,11,16-17,20,23,25-26H2,1-5H3,(H3-,51,52,53,54,59,60,61,64);(H,6,7). The number of benzene rings is 4. The zero-order valence-electron chi connectivity index (χ0n) is 40.7. The lowest BCUT2D eigenvalue weighted by Crippen LogP contribution is -2.39.